The number of allylic oxidation sites excluding steroid dienone is 1. The molecule has 1 saturated heterocycles. The quantitative estimate of drug-likeness (QED) is 0.431. The Labute approximate surface area is 213 Å². The highest BCUT2D eigenvalue weighted by molar-refractivity contribution is 5.98. The molecule has 0 saturated carbocycles. The zero-order valence-electron chi connectivity index (χ0n) is 21.5. The third kappa shape index (κ3) is 5.53. The van der Waals surface area contributed by atoms with E-state index in [2.05, 4.69) is 46.3 Å². The van der Waals surface area contributed by atoms with E-state index < -0.39 is 5.60 Å². The standard InChI is InChI=1S/C29H36N4O3/c1-20-26(22-17-31-32-18-22)19-30-27-15-24(25(28(20)27)16-29(2,3)34)21-5-7-23(8-6-21)36-12-4-9-33-10-13-35-14-11-33/h5-8,17-19,34H,4,9-16H2,1-3H3,(H,31,32). The summed E-state index contributed by atoms with van der Waals surface area (Å²) in [6.07, 6.45) is 7.98. The van der Waals surface area contributed by atoms with Crippen molar-refractivity contribution < 1.29 is 14.6 Å². The molecular weight excluding hydrogens is 452 g/mol. The fourth-order valence-electron chi connectivity index (χ4n) is 5.26. The van der Waals surface area contributed by atoms with Crippen molar-refractivity contribution in [1.82, 2.24) is 20.1 Å². The van der Waals surface area contributed by atoms with Gasteiger partial charge < -0.3 is 14.6 Å². The minimum absolute atomic E-state index is 0.562. The van der Waals surface area contributed by atoms with Gasteiger partial charge in [-0.2, -0.15) is 5.10 Å². The number of ether oxygens (including phenoxy) is 2. The lowest BCUT2D eigenvalue weighted by Gasteiger charge is -2.26. The second kappa shape index (κ2) is 10.5. The molecule has 190 valence electrons. The van der Waals surface area contributed by atoms with E-state index in [1.807, 2.05) is 32.4 Å². The summed E-state index contributed by atoms with van der Waals surface area (Å²) < 4.78 is 11.4. The normalized spacial score (nSPS) is 16.4. The number of nitrogens with one attached hydrogen (secondary N) is 1. The number of aromatic amines is 1. The average Bonchev–Trinajstić information content (AvgIpc) is 3.51. The van der Waals surface area contributed by atoms with E-state index in [4.69, 9.17) is 14.5 Å². The molecular formula is C29H36N4O3. The molecule has 1 fully saturated rings. The molecule has 2 N–H and O–H groups in total. The minimum atomic E-state index is -0.830. The summed E-state index contributed by atoms with van der Waals surface area (Å²) in [4.78, 5) is 7.27. The highest BCUT2D eigenvalue weighted by Crippen LogP contribution is 2.45. The predicted molar refractivity (Wildman–Crippen MR) is 142 cm³/mol. The van der Waals surface area contributed by atoms with E-state index in [1.54, 1.807) is 0 Å². The van der Waals surface area contributed by atoms with Crippen molar-refractivity contribution in [3.8, 4) is 16.9 Å². The van der Waals surface area contributed by atoms with Crippen molar-refractivity contribution in [3.05, 3.63) is 65.2 Å². The van der Waals surface area contributed by atoms with Crippen LogP contribution in [0.4, 0.5) is 0 Å². The molecule has 2 aliphatic rings. The van der Waals surface area contributed by atoms with Crippen LogP contribution in [-0.2, 0) is 11.2 Å². The van der Waals surface area contributed by atoms with Crippen LogP contribution in [0.5, 0.6) is 5.75 Å². The Morgan fingerprint density at radius 3 is 2.58 bits per heavy atom. The Morgan fingerprint density at radius 1 is 1.11 bits per heavy atom. The van der Waals surface area contributed by atoms with Crippen LogP contribution >= 0.6 is 0 Å². The molecule has 0 spiro atoms. The summed E-state index contributed by atoms with van der Waals surface area (Å²) in [7, 11) is 0. The van der Waals surface area contributed by atoms with Gasteiger partial charge in [0.05, 0.1) is 37.3 Å². The average molecular weight is 489 g/mol. The molecule has 1 aliphatic heterocycles. The molecule has 1 aromatic carbocycles. The number of H-pyrrole nitrogens is 1. The first-order valence-corrected chi connectivity index (χ1v) is 12.8. The third-order valence-corrected chi connectivity index (χ3v) is 7.04. The molecule has 3 aromatic rings. The van der Waals surface area contributed by atoms with Crippen LogP contribution in [0, 0.1) is 6.92 Å². The minimum Gasteiger partial charge on any atom is -0.494 e. The molecule has 36 heavy (non-hydrogen) atoms. The topological polar surface area (TPSA) is 83.5 Å². The van der Waals surface area contributed by atoms with Crippen molar-refractivity contribution in [2.45, 2.75) is 45.6 Å². The Bertz CT molecular complexity index is 1200. The van der Waals surface area contributed by atoms with Gasteiger partial charge in [-0.15, -0.1) is 0 Å². The Morgan fingerprint density at radius 2 is 1.89 bits per heavy atom. The maximum atomic E-state index is 10.8. The van der Waals surface area contributed by atoms with Crippen molar-refractivity contribution in [3.63, 3.8) is 0 Å². The third-order valence-electron chi connectivity index (χ3n) is 7.04. The van der Waals surface area contributed by atoms with Gasteiger partial charge in [0, 0.05) is 61.6 Å². The van der Waals surface area contributed by atoms with E-state index in [-0.39, 0.29) is 0 Å². The van der Waals surface area contributed by atoms with E-state index in [0.29, 0.717) is 13.0 Å². The number of aromatic nitrogens is 3. The van der Waals surface area contributed by atoms with Crippen LogP contribution in [0.2, 0.25) is 0 Å². The van der Waals surface area contributed by atoms with Gasteiger partial charge in [-0.3, -0.25) is 15.0 Å². The highest BCUT2D eigenvalue weighted by atomic mass is 16.5. The molecule has 2 aromatic heterocycles. The van der Waals surface area contributed by atoms with Crippen molar-refractivity contribution in [2.24, 2.45) is 0 Å². The number of fused-ring (bicyclic) bond motifs is 1. The molecule has 1 aliphatic carbocycles. The van der Waals surface area contributed by atoms with Crippen LogP contribution < -0.4 is 4.74 Å². The van der Waals surface area contributed by atoms with Gasteiger partial charge in [0.25, 0.3) is 0 Å². The van der Waals surface area contributed by atoms with Gasteiger partial charge in [-0.25, -0.2) is 0 Å². The molecule has 0 bridgehead atoms. The summed E-state index contributed by atoms with van der Waals surface area (Å²) >= 11 is 0. The maximum Gasteiger partial charge on any atom is 0.119 e. The Balaban J connectivity index is 1.35. The molecule has 0 atom stereocenters. The summed E-state index contributed by atoms with van der Waals surface area (Å²) in [5.74, 6) is 0.887. The lowest BCUT2D eigenvalue weighted by atomic mass is 9.88. The molecule has 0 unspecified atom stereocenters. The Hall–Kier alpha value is -3.00. The number of benzene rings is 1. The van der Waals surface area contributed by atoms with Crippen LogP contribution in [-0.4, -0.2) is 70.2 Å². The lowest BCUT2D eigenvalue weighted by molar-refractivity contribution is 0.0358. The number of hydrogen-bond acceptors (Lipinski definition) is 6. The van der Waals surface area contributed by atoms with Gasteiger partial charge in [-0.1, -0.05) is 12.1 Å². The first-order valence-electron chi connectivity index (χ1n) is 12.8. The number of hydrogen-bond donors (Lipinski definition) is 2. The SMILES string of the molecule is Cc1c(-c2cn[nH]c2)cnc2c1C(CC(C)(C)O)=C(c1ccc(OCCCN3CCOCC3)cc1)C2. The smallest absolute Gasteiger partial charge is 0.119 e. The predicted octanol–water partition coefficient (Wildman–Crippen LogP) is 4.51. The molecule has 5 rings (SSSR count). The largest absolute Gasteiger partial charge is 0.494 e. The summed E-state index contributed by atoms with van der Waals surface area (Å²) in [6, 6.07) is 8.38. The fourth-order valence-corrected chi connectivity index (χ4v) is 5.26. The Kier molecular flexibility index (Phi) is 7.23. The van der Waals surface area contributed by atoms with Gasteiger partial charge in [0.1, 0.15) is 5.75 Å². The molecule has 0 radical (unpaired) electrons. The second-order valence-corrected chi connectivity index (χ2v) is 10.4. The number of nitrogens with zero attached hydrogens (tertiary/aromatic N) is 3. The van der Waals surface area contributed by atoms with E-state index in [9.17, 15) is 5.11 Å². The summed E-state index contributed by atoms with van der Waals surface area (Å²) in [6.45, 7) is 11.3. The number of rotatable bonds is 9. The van der Waals surface area contributed by atoms with Crippen LogP contribution in [0.3, 0.4) is 0 Å². The molecule has 7 heteroatoms. The van der Waals surface area contributed by atoms with Gasteiger partial charge in [-0.05, 0) is 61.6 Å². The molecule has 7 nitrogen and oxygen atoms in total. The van der Waals surface area contributed by atoms with Crippen molar-refractivity contribution in [2.75, 3.05) is 39.5 Å². The molecule has 3 heterocycles. The van der Waals surface area contributed by atoms with Crippen LogP contribution in [0.15, 0.2) is 42.9 Å². The van der Waals surface area contributed by atoms with Crippen LogP contribution in [0.1, 0.15) is 49.1 Å². The number of pyridine rings is 1. The number of aliphatic hydroxyl groups is 1. The highest BCUT2D eigenvalue weighted by Gasteiger charge is 2.30. The molecule has 0 amide bonds. The monoisotopic (exact) mass is 488 g/mol. The van der Waals surface area contributed by atoms with Gasteiger partial charge in [0.15, 0.2) is 0 Å². The summed E-state index contributed by atoms with van der Waals surface area (Å²) in [5, 5.41) is 17.8. The lowest BCUT2D eigenvalue weighted by Crippen LogP contribution is -2.37. The number of morpholine rings is 1. The van der Waals surface area contributed by atoms with Gasteiger partial charge in [0.2, 0.25) is 0 Å². The van der Waals surface area contributed by atoms with Crippen molar-refractivity contribution in [1.29, 1.82) is 0 Å². The zero-order chi connectivity index (χ0) is 25.1. The van der Waals surface area contributed by atoms with Crippen LogP contribution in [0.25, 0.3) is 22.3 Å². The second-order valence-electron chi connectivity index (χ2n) is 10.4. The van der Waals surface area contributed by atoms with E-state index in [0.717, 1.165) is 79.4 Å². The van der Waals surface area contributed by atoms with E-state index in [1.165, 1.54) is 16.7 Å². The van der Waals surface area contributed by atoms with Gasteiger partial charge >= 0.3 is 0 Å². The van der Waals surface area contributed by atoms with Crippen molar-refractivity contribution >= 4 is 11.1 Å². The maximum absolute atomic E-state index is 10.8. The fraction of sp³-hybridized carbons (Fsp3) is 0.448. The van der Waals surface area contributed by atoms with E-state index >= 15 is 0 Å². The summed E-state index contributed by atoms with van der Waals surface area (Å²) in [5.41, 5.74) is 8.22. The zero-order valence-corrected chi connectivity index (χ0v) is 21.5. The first kappa shape index (κ1) is 24.7. The first-order chi connectivity index (χ1) is 17.4.